The fourth-order valence-corrected chi connectivity index (χ4v) is 2.53. The highest BCUT2D eigenvalue weighted by molar-refractivity contribution is 5.86. The van der Waals surface area contributed by atoms with Gasteiger partial charge >= 0.3 is 23.9 Å². The predicted octanol–water partition coefficient (Wildman–Crippen LogP) is -2.65. The van der Waals surface area contributed by atoms with Gasteiger partial charge in [0.05, 0.1) is 38.8 Å². The first-order valence-electron chi connectivity index (χ1n) is 9.06. The number of hydrogen-bond donors (Lipinski definition) is 5. The summed E-state index contributed by atoms with van der Waals surface area (Å²) >= 11 is 0. The van der Waals surface area contributed by atoms with Crippen molar-refractivity contribution in [2.45, 2.75) is 12.5 Å². The average Bonchev–Trinajstić information content (AvgIpc) is 2.60. The molecule has 13 heteroatoms. The highest BCUT2D eigenvalue weighted by Crippen LogP contribution is 1.99. The van der Waals surface area contributed by atoms with Gasteiger partial charge in [-0.25, -0.2) is 0 Å². The van der Waals surface area contributed by atoms with Gasteiger partial charge < -0.3 is 26.2 Å². The number of nitrogens with zero attached hydrogens (tertiary/aromatic N) is 3. The molecule has 30 heavy (non-hydrogen) atoms. The highest BCUT2D eigenvalue weighted by Gasteiger charge is 2.21. The van der Waals surface area contributed by atoms with E-state index < -0.39 is 61.9 Å². The van der Waals surface area contributed by atoms with E-state index in [9.17, 15) is 24.0 Å². The summed E-state index contributed by atoms with van der Waals surface area (Å²) in [7, 11) is 0. The molecule has 6 N–H and O–H groups in total. The molecular weight excluding hydrogens is 404 g/mol. The molecule has 0 saturated heterocycles. The van der Waals surface area contributed by atoms with E-state index in [0.717, 1.165) is 4.90 Å². The van der Waals surface area contributed by atoms with Crippen LogP contribution in [0.15, 0.2) is 0 Å². The fourth-order valence-electron chi connectivity index (χ4n) is 2.53. The van der Waals surface area contributed by atoms with Crippen LogP contribution in [0.3, 0.4) is 0 Å². The Bertz CT molecular complexity index is 598. The molecule has 1 unspecified atom stereocenters. The van der Waals surface area contributed by atoms with Gasteiger partial charge in [0, 0.05) is 26.2 Å². The Morgan fingerprint density at radius 1 is 0.633 bits per heavy atom. The fraction of sp³-hybridized carbons (Fsp3) is 0.647. The highest BCUT2D eigenvalue weighted by atomic mass is 16.4. The lowest BCUT2D eigenvalue weighted by Gasteiger charge is -2.28. The van der Waals surface area contributed by atoms with Crippen LogP contribution in [0, 0.1) is 6.92 Å². The number of rotatable bonds is 18. The Labute approximate surface area is 173 Å². The molecule has 0 bridgehead atoms. The van der Waals surface area contributed by atoms with Gasteiger partial charge in [0.15, 0.2) is 5.78 Å². The monoisotopic (exact) mass is 433 g/mol. The Hall–Kier alpha value is -2.61. The smallest absolute Gasteiger partial charge is 0.317 e. The number of carbonyl (C=O) groups is 5. The van der Waals surface area contributed by atoms with Crippen LogP contribution < -0.4 is 5.73 Å². The first kappa shape index (κ1) is 27.4. The van der Waals surface area contributed by atoms with E-state index >= 15 is 0 Å². The number of carbonyl (C=O) groups excluding carboxylic acids is 1. The second-order valence-electron chi connectivity index (χ2n) is 6.63. The standard InChI is InChI=1S/C17H29N4O9/c1-2-12(18)13(22)7-20(9-15(25)26)5-3-19(8-14(23)24)4-6-21(10-16(27)28)11-17(29)30/h12H,1-11,18H2,(H,23,24)(H,25,26)(H,27,28)(H,29,30). The third-order valence-corrected chi connectivity index (χ3v) is 4.00. The first-order valence-corrected chi connectivity index (χ1v) is 9.06. The number of hydrogen-bond acceptors (Lipinski definition) is 9. The summed E-state index contributed by atoms with van der Waals surface area (Å²) in [4.78, 5) is 59.7. The third kappa shape index (κ3) is 13.5. The molecule has 0 aromatic rings. The summed E-state index contributed by atoms with van der Waals surface area (Å²) in [5, 5.41) is 35.8. The van der Waals surface area contributed by atoms with Crippen molar-refractivity contribution in [2.75, 3.05) is 58.9 Å². The van der Waals surface area contributed by atoms with Gasteiger partial charge in [0.1, 0.15) is 0 Å². The molecule has 0 fully saturated rings. The largest absolute Gasteiger partial charge is 0.480 e. The van der Waals surface area contributed by atoms with E-state index in [1.165, 1.54) is 9.80 Å². The second kappa shape index (κ2) is 14.4. The Morgan fingerprint density at radius 2 is 0.933 bits per heavy atom. The molecule has 0 aliphatic rings. The molecule has 13 nitrogen and oxygen atoms in total. The Morgan fingerprint density at radius 3 is 1.27 bits per heavy atom. The van der Waals surface area contributed by atoms with Gasteiger partial charge in [-0.1, -0.05) is 6.92 Å². The van der Waals surface area contributed by atoms with Gasteiger partial charge in [0.2, 0.25) is 0 Å². The second-order valence-corrected chi connectivity index (χ2v) is 6.63. The summed E-state index contributed by atoms with van der Waals surface area (Å²) in [5.74, 6) is -5.20. The van der Waals surface area contributed by atoms with E-state index in [4.69, 9.17) is 26.2 Å². The zero-order valence-electron chi connectivity index (χ0n) is 16.6. The molecule has 171 valence electrons. The maximum absolute atomic E-state index is 12.0. The molecule has 0 aliphatic heterocycles. The number of carboxylic acid groups (broad SMARTS) is 4. The SMILES string of the molecule is [CH2]CC(N)C(=O)CN(CCN(CCN(CC(=O)O)CC(=O)O)CC(=O)O)CC(=O)O. The summed E-state index contributed by atoms with van der Waals surface area (Å²) in [5.41, 5.74) is 5.60. The van der Waals surface area contributed by atoms with Crippen molar-refractivity contribution in [3.63, 3.8) is 0 Å². The molecule has 0 aliphatic carbocycles. The van der Waals surface area contributed by atoms with Crippen LogP contribution in [0.5, 0.6) is 0 Å². The van der Waals surface area contributed by atoms with Crippen molar-refractivity contribution >= 4 is 29.7 Å². The minimum Gasteiger partial charge on any atom is -0.480 e. The first-order chi connectivity index (χ1) is 13.9. The molecule has 0 spiro atoms. The molecule has 0 rings (SSSR count). The van der Waals surface area contributed by atoms with Crippen LogP contribution in [0.1, 0.15) is 6.42 Å². The minimum absolute atomic E-state index is 0.0279. The topological polar surface area (TPSA) is 202 Å². The maximum Gasteiger partial charge on any atom is 0.317 e. The minimum atomic E-state index is -1.23. The Balaban J connectivity index is 5.02. The zero-order chi connectivity index (χ0) is 23.3. The van der Waals surface area contributed by atoms with Crippen LogP contribution in [-0.2, 0) is 24.0 Å². The van der Waals surface area contributed by atoms with Crippen molar-refractivity contribution in [1.82, 2.24) is 14.7 Å². The lowest BCUT2D eigenvalue weighted by atomic mass is 10.1. The van der Waals surface area contributed by atoms with Crippen LogP contribution in [-0.4, -0.2) is 130 Å². The van der Waals surface area contributed by atoms with Crippen LogP contribution in [0.2, 0.25) is 0 Å². The summed E-state index contributed by atoms with van der Waals surface area (Å²) in [6.07, 6.45) is 0.147. The molecule has 0 aromatic heterocycles. The molecule has 1 radical (unpaired) electrons. The number of carboxylic acids is 4. The molecule has 0 heterocycles. The molecule has 1 atom stereocenters. The predicted molar refractivity (Wildman–Crippen MR) is 103 cm³/mol. The zero-order valence-corrected chi connectivity index (χ0v) is 16.6. The Kier molecular flexibility index (Phi) is 13.1. The van der Waals surface area contributed by atoms with E-state index in [1.807, 2.05) is 0 Å². The molecule has 0 saturated carbocycles. The lowest BCUT2D eigenvalue weighted by molar-refractivity contribution is -0.143. The molecule has 0 aromatic carbocycles. The van der Waals surface area contributed by atoms with Gasteiger partial charge in [-0.2, -0.15) is 0 Å². The van der Waals surface area contributed by atoms with Crippen molar-refractivity contribution in [1.29, 1.82) is 0 Å². The van der Waals surface area contributed by atoms with Crippen LogP contribution in [0.4, 0.5) is 0 Å². The van der Waals surface area contributed by atoms with Crippen molar-refractivity contribution < 1.29 is 44.4 Å². The quantitative estimate of drug-likeness (QED) is 0.150. The number of nitrogens with two attached hydrogens (primary N) is 1. The van der Waals surface area contributed by atoms with Crippen molar-refractivity contribution in [3.8, 4) is 0 Å². The molecule has 0 amide bonds. The third-order valence-electron chi connectivity index (χ3n) is 4.00. The van der Waals surface area contributed by atoms with E-state index in [-0.39, 0.29) is 39.1 Å². The summed E-state index contributed by atoms with van der Waals surface area (Å²) in [6, 6.07) is -0.836. The van der Waals surface area contributed by atoms with E-state index in [2.05, 4.69) is 6.92 Å². The normalized spacial score (nSPS) is 12.3. The number of aliphatic carboxylic acids is 4. The van der Waals surface area contributed by atoms with Gasteiger partial charge in [0.25, 0.3) is 0 Å². The van der Waals surface area contributed by atoms with Gasteiger partial charge in [-0.05, 0) is 6.42 Å². The number of ketones is 1. The van der Waals surface area contributed by atoms with E-state index in [1.54, 1.807) is 0 Å². The van der Waals surface area contributed by atoms with Gasteiger partial charge in [-0.15, -0.1) is 0 Å². The summed E-state index contributed by atoms with van der Waals surface area (Å²) in [6.45, 7) is 1.42. The van der Waals surface area contributed by atoms with Gasteiger partial charge in [-0.3, -0.25) is 38.7 Å². The number of Topliss-reactive ketones (excluding diaryl/α,β-unsaturated/α-hetero) is 1. The summed E-state index contributed by atoms with van der Waals surface area (Å²) < 4.78 is 0. The average molecular weight is 433 g/mol. The van der Waals surface area contributed by atoms with E-state index in [0.29, 0.717) is 0 Å². The lowest BCUT2D eigenvalue weighted by Crippen LogP contribution is -2.47. The van der Waals surface area contributed by atoms with Crippen molar-refractivity contribution in [2.24, 2.45) is 5.73 Å². The van der Waals surface area contributed by atoms with Crippen LogP contribution >= 0.6 is 0 Å². The molecular formula is C17H29N4O9. The van der Waals surface area contributed by atoms with Crippen LogP contribution in [0.25, 0.3) is 0 Å². The van der Waals surface area contributed by atoms with Crippen molar-refractivity contribution in [3.05, 3.63) is 6.92 Å². The maximum atomic E-state index is 12.0.